The summed E-state index contributed by atoms with van der Waals surface area (Å²) in [6, 6.07) is 5.45. The number of benzene rings is 1. The van der Waals surface area contributed by atoms with Crippen LogP contribution in [0.15, 0.2) is 22.6 Å². The second-order valence-corrected chi connectivity index (χ2v) is 5.47. The third-order valence-electron chi connectivity index (χ3n) is 4.08. The number of rotatable bonds is 3. The number of aryl methyl sites for hydroxylation is 1. The van der Waals surface area contributed by atoms with E-state index in [1.54, 1.807) is 13.0 Å². The van der Waals surface area contributed by atoms with Gasteiger partial charge in [-0.25, -0.2) is 4.98 Å². The van der Waals surface area contributed by atoms with Crippen molar-refractivity contribution in [3.63, 3.8) is 0 Å². The van der Waals surface area contributed by atoms with Gasteiger partial charge in [-0.15, -0.1) is 0 Å². The maximum absolute atomic E-state index is 12.6. The monoisotopic (exact) mass is 289 g/mol. The number of nitrogens with two attached hydrogens (primary N) is 1. The second-order valence-electron chi connectivity index (χ2n) is 5.47. The number of carbonyl (C=O) groups is 1. The summed E-state index contributed by atoms with van der Waals surface area (Å²) >= 11 is 0. The molecule has 1 fully saturated rings. The number of anilines is 1. The van der Waals surface area contributed by atoms with Crippen LogP contribution in [0.1, 0.15) is 18.7 Å². The average Bonchev–Trinajstić information content (AvgIpc) is 2.87. The molecular formula is C15H19N3O3. The fourth-order valence-electron chi connectivity index (χ4n) is 2.67. The summed E-state index contributed by atoms with van der Waals surface area (Å²) in [4.78, 5) is 16.8. The minimum absolute atomic E-state index is 0.0520. The van der Waals surface area contributed by atoms with Gasteiger partial charge in [-0.1, -0.05) is 0 Å². The van der Waals surface area contributed by atoms with Crippen molar-refractivity contribution in [2.24, 2.45) is 11.1 Å². The molecule has 0 unspecified atom stereocenters. The summed E-state index contributed by atoms with van der Waals surface area (Å²) in [5.41, 5.74) is 7.45. The molecule has 1 saturated heterocycles. The van der Waals surface area contributed by atoms with Gasteiger partial charge < -0.3 is 20.2 Å². The number of oxazole rings is 1. The first kappa shape index (κ1) is 14.0. The Morgan fingerprint density at radius 3 is 2.90 bits per heavy atom. The summed E-state index contributed by atoms with van der Waals surface area (Å²) in [5, 5.41) is 2.94. The van der Waals surface area contributed by atoms with Crippen molar-refractivity contribution in [1.82, 2.24) is 4.98 Å². The van der Waals surface area contributed by atoms with Gasteiger partial charge in [0.1, 0.15) is 5.52 Å². The van der Waals surface area contributed by atoms with Crippen LogP contribution in [0.25, 0.3) is 11.1 Å². The molecule has 2 aromatic rings. The lowest BCUT2D eigenvalue weighted by atomic mass is 9.79. The first-order chi connectivity index (χ1) is 10.1. The molecule has 21 heavy (non-hydrogen) atoms. The summed E-state index contributed by atoms with van der Waals surface area (Å²) in [6.07, 6.45) is 1.30. The van der Waals surface area contributed by atoms with E-state index in [0.717, 1.165) is 5.52 Å². The molecular weight excluding hydrogens is 270 g/mol. The smallest absolute Gasteiger partial charge is 0.232 e. The van der Waals surface area contributed by atoms with E-state index in [9.17, 15) is 4.79 Å². The van der Waals surface area contributed by atoms with E-state index in [1.807, 2.05) is 12.1 Å². The van der Waals surface area contributed by atoms with Crippen molar-refractivity contribution in [2.45, 2.75) is 19.8 Å². The van der Waals surface area contributed by atoms with E-state index in [4.69, 9.17) is 14.9 Å². The molecule has 1 aromatic heterocycles. The van der Waals surface area contributed by atoms with Crippen LogP contribution in [0.3, 0.4) is 0 Å². The number of carbonyl (C=O) groups excluding carboxylic acids is 1. The Bertz CT molecular complexity index is 659. The third-order valence-corrected chi connectivity index (χ3v) is 4.08. The van der Waals surface area contributed by atoms with Gasteiger partial charge in [0.05, 0.1) is 5.41 Å². The number of amides is 1. The SMILES string of the molecule is Cc1nc2ccc(NC(=O)C3(CN)CCOCC3)cc2o1. The lowest BCUT2D eigenvalue weighted by Crippen LogP contribution is -2.46. The topological polar surface area (TPSA) is 90.4 Å². The Balaban J connectivity index is 1.81. The molecule has 0 bridgehead atoms. The lowest BCUT2D eigenvalue weighted by molar-refractivity contribution is -0.130. The van der Waals surface area contributed by atoms with E-state index in [1.165, 1.54) is 0 Å². The van der Waals surface area contributed by atoms with E-state index >= 15 is 0 Å². The maximum Gasteiger partial charge on any atom is 0.232 e. The molecule has 6 heteroatoms. The summed E-state index contributed by atoms with van der Waals surface area (Å²) in [6.45, 7) is 3.27. The normalized spacial score (nSPS) is 17.8. The number of nitrogens with one attached hydrogen (secondary N) is 1. The average molecular weight is 289 g/mol. The van der Waals surface area contributed by atoms with Crippen LogP contribution in [0.5, 0.6) is 0 Å². The Hall–Kier alpha value is -1.92. The van der Waals surface area contributed by atoms with Crippen molar-refractivity contribution in [2.75, 3.05) is 25.1 Å². The Kier molecular flexibility index (Phi) is 3.65. The van der Waals surface area contributed by atoms with Crippen LogP contribution in [-0.4, -0.2) is 30.6 Å². The molecule has 0 atom stereocenters. The minimum atomic E-state index is -0.537. The van der Waals surface area contributed by atoms with E-state index < -0.39 is 5.41 Å². The predicted molar refractivity (Wildman–Crippen MR) is 78.9 cm³/mol. The molecule has 1 amide bonds. The molecule has 0 spiro atoms. The van der Waals surface area contributed by atoms with Gasteiger partial charge in [-0.05, 0) is 25.0 Å². The van der Waals surface area contributed by atoms with Crippen LogP contribution >= 0.6 is 0 Å². The van der Waals surface area contributed by atoms with E-state index in [-0.39, 0.29) is 5.91 Å². The molecule has 6 nitrogen and oxygen atoms in total. The molecule has 3 rings (SSSR count). The number of hydrogen-bond donors (Lipinski definition) is 2. The number of aromatic nitrogens is 1. The van der Waals surface area contributed by atoms with Crippen molar-refractivity contribution in [3.05, 3.63) is 24.1 Å². The molecule has 0 saturated carbocycles. The van der Waals surface area contributed by atoms with Gasteiger partial charge in [0.2, 0.25) is 5.91 Å². The van der Waals surface area contributed by atoms with Gasteiger partial charge >= 0.3 is 0 Å². The number of ether oxygens (including phenoxy) is 1. The van der Waals surface area contributed by atoms with Gasteiger partial charge in [0.15, 0.2) is 11.5 Å². The Morgan fingerprint density at radius 1 is 1.43 bits per heavy atom. The summed E-state index contributed by atoms with van der Waals surface area (Å²) in [5.74, 6) is 0.556. The van der Waals surface area contributed by atoms with Gasteiger partial charge in [-0.2, -0.15) is 0 Å². The summed E-state index contributed by atoms with van der Waals surface area (Å²) in [7, 11) is 0. The highest BCUT2D eigenvalue weighted by atomic mass is 16.5. The van der Waals surface area contributed by atoms with Crippen LogP contribution in [-0.2, 0) is 9.53 Å². The molecule has 3 N–H and O–H groups in total. The molecule has 2 heterocycles. The van der Waals surface area contributed by atoms with Gasteiger partial charge in [-0.3, -0.25) is 4.79 Å². The van der Waals surface area contributed by atoms with Crippen molar-refractivity contribution in [1.29, 1.82) is 0 Å². The maximum atomic E-state index is 12.6. The quantitative estimate of drug-likeness (QED) is 0.899. The largest absolute Gasteiger partial charge is 0.441 e. The highest BCUT2D eigenvalue weighted by Crippen LogP contribution is 2.31. The fraction of sp³-hybridized carbons (Fsp3) is 0.467. The zero-order valence-electron chi connectivity index (χ0n) is 12.0. The number of nitrogens with zero attached hydrogens (tertiary/aromatic N) is 1. The Labute approximate surface area is 122 Å². The van der Waals surface area contributed by atoms with Crippen molar-refractivity contribution in [3.8, 4) is 0 Å². The highest BCUT2D eigenvalue weighted by Gasteiger charge is 2.38. The third kappa shape index (κ3) is 2.64. The zero-order valence-corrected chi connectivity index (χ0v) is 12.0. The standard InChI is InChI=1S/C15H19N3O3/c1-10-17-12-3-2-11(8-13(12)21-10)18-14(19)15(9-16)4-6-20-7-5-15/h2-3,8H,4-7,9,16H2,1H3,(H,18,19). The van der Waals surface area contributed by atoms with E-state index in [2.05, 4.69) is 10.3 Å². The van der Waals surface area contributed by atoms with Crippen LogP contribution in [0.4, 0.5) is 5.69 Å². The molecule has 0 aliphatic carbocycles. The molecule has 112 valence electrons. The lowest BCUT2D eigenvalue weighted by Gasteiger charge is -2.34. The van der Waals surface area contributed by atoms with Gasteiger partial charge in [0, 0.05) is 38.4 Å². The number of fused-ring (bicyclic) bond motifs is 1. The summed E-state index contributed by atoms with van der Waals surface area (Å²) < 4.78 is 10.8. The first-order valence-corrected chi connectivity index (χ1v) is 7.09. The van der Waals surface area contributed by atoms with Crippen LogP contribution in [0.2, 0.25) is 0 Å². The molecule has 1 aromatic carbocycles. The second kappa shape index (κ2) is 5.46. The van der Waals surface area contributed by atoms with Crippen LogP contribution in [0, 0.1) is 12.3 Å². The molecule has 1 aliphatic rings. The number of hydrogen-bond acceptors (Lipinski definition) is 5. The zero-order chi connectivity index (χ0) is 14.9. The molecule has 0 radical (unpaired) electrons. The first-order valence-electron chi connectivity index (χ1n) is 7.09. The van der Waals surface area contributed by atoms with Crippen molar-refractivity contribution >= 4 is 22.7 Å². The van der Waals surface area contributed by atoms with Crippen LogP contribution < -0.4 is 11.1 Å². The Morgan fingerprint density at radius 2 is 2.19 bits per heavy atom. The fourth-order valence-corrected chi connectivity index (χ4v) is 2.67. The van der Waals surface area contributed by atoms with Crippen molar-refractivity contribution < 1.29 is 13.9 Å². The predicted octanol–water partition coefficient (Wildman–Crippen LogP) is 1.83. The highest BCUT2D eigenvalue weighted by molar-refractivity contribution is 5.96. The van der Waals surface area contributed by atoms with E-state index in [0.29, 0.717) is 49.8 Å². The molecule has 1 aliphatic heterocycles. The minimum Gasteiger partial charge on any atom is -0.441 e. The van der Waals surface area contributed by atoms with Gasteiger partial charge in [0.25, 0.3) is 0 Å².